The first kappa shape index (κ1) is 11.8. The fourth-order valence-electron chi connectivity index (χ4n) is 0.758. The molecule has 1 heterocycles. The SMILES string of the molecule is CC#CCNC(=O)c1cc(Br)c(Br)s1. The molecule has 0 aliphatic carbocycles. The Bertz CT molecular complexity index is 383. The van der Waals surface area contributed by atoms with Gasteiger partial charge in [0.25, 0.3) is 5.91 Å². The number of carbonyl (C=O) groups is 1. The Morgan fingerprint density at radius 2 is 2.36 bits per heavy atom. The highest BCUT2D eigenvalue weighted by Gasteiger charge is 2.10. The van der Waals surface area contributed by atoms with Crippen molar-refractivity contribution in [3.8, 4) is 11.8 Å². The van der Waals surface area contributed by atoms with Crippen molar-refractivity contribution in [3.63, 3.8) is 0 Å². The quantitative estimate of drug-likeness (QED) is 0.826. The van der Waals surface area contributed by atoms with Gasteiger partial charge < -0.3 is 5.32 Å². The summed E-state index contributed by atoms with van der Waals surface area (Å²) in [6.07, 6.45) is 0. The Labute approximate surface area is 103 Å². The fraction of sp³-hybridized carbons (Fsp3) is 0.222. The van der Waals surface area contributed by atoms with Gasteiger partial charge in [0.15, 0.2) is 0 Å². The van der Waals surface area contributed by atoms with E-state index in [1.54, 1.807) is 13.0 Å². The predicted octanol–water partition coefficient (Wildman–Crippen LogP) is 3.03. The average molecular weight is 337 g/mol. The number of nitrogens with one attached hydrogen (secondary N) is 1. The molecule has 0 radical (unpaired) electrons. The van der Waals surface area contributed by atoms with Gasteiger partial charge in [-0.3, -0.25) is 4.79 Å². The maximum Gasteiger partial charge on any atom is 0.262 e. The Kier molecular flexibility index (Phi) is 4.66. The van der Waals surface area contributed by atoms with Crippen LogP contribution in [0.3, 0.4) is 0 Å². The van der Waals surface area contributed by atoms with E-state index in [4.69, 9.17) is 0 Å². The van der Waals surface area contributed by atoms with Crippen LogP contribution in [0.2, 0.25) is 0 Å². The Balaban J connectivity index is 2.64. The van der Waals surface area contributed by atoms with Crippen molar-refractivity contribution in [1.82, 2.24) is 5.32 Å². The normalized spacial score (nSPS) is 9.07. The second-order valence-electron chi connectivity index (χ2n) is 2.34. The van der Waals surface area contributed by atoms with Gasteiger partial charge in [-0.2, -0.15) is 0 Å². The first-order valence-electron chi connectivity index (χ1n) is 3.77. The Morgan fingerprint density at radius 3 is 2.86 bits per heavy atom. The van der Waals surface area contributed by atoms with E-state index in [1.807, 2.05) is 0 Å². The molecule has 5 heteroatoms. The fourth-order valence-corrected chi connectivity index (χ4v) is 2.71. The van der Waals surface area contributed by atoms with E-state index in [2.05, 4.69) is 49.0 Å². The zero-order valence-corrected chi connectivity index (χ0v) is 11.3. The minimum atomic E-state index is -0.0934. The van der Waals surface area contributed by atoms with Crippen LogP contribution in [-0.4, -0.2) is 12.5 Å². The summed E-state index contributed by atoms with van der Waals surface area (Å²) in [6.45, 7) is 2.13. The van der Waals surface area contributed by atoms with Gasteiger partial charge in [-0.1, -0.05) is 5.92 Å². The highest BCUT2D eigenvalue weighted by molar-refractivity contribution is 9.13. The van der Waals surface area contributed by atoms with Crippen LogP contribution in [0.5, 0.6) is 0 Å². The zero-order chi connectivity index (χ0) is 10.6. The molecule has 0 aliphatic heterocycles. The van der Waals surface area contributed by atoms with Crippen molar-refractivity contribution in [1.29, 1.82) is 0 Å². The first-order valence-corrected chi connectivity index (χ1v) is 6.18. The Hall–Kier alpha value is -0.310. The molecule has 0 saturated carbocycles. The lowest BCUT2D eigenvalue weighted by Crippen LogP contribution is -2.22. The topological polar surface area (TPSA) is 29.1 Å². The molecular weight excluding hydrogens is 330 g/mol. The molecule has 1 amide bonds. The molecule has 74 valence electrons. The van der Waals surface area contributed by atoms with Gasteiger partial charge in [0.1, 0.15) is 0 Å². The van der Waals surface area contributed by atoms with Gasteiger partial charge in [-0.05, 0) is 44.8 Å². The minimum absolute atomic E-state index is 0.0934. The number of hydrogen-bond donors (Lipinski definition) is 1. The smallest absolute Gasteiger partial charge is 0.262 e. The molecule has 1 rings (SSSR count). The highest BCUT2D eigenvalue weighted by atomic mass is 79.9. The second kappa shape index (κ2) is 5.54. The third-order valence-electron chi connectivity index (χ3n) is 1.38. The number of carbonyl (C=O) groups excluding carboxylic acids is 1. The van der Waals surface area contributed by atoms with Crippen molar-refractivity contribution >= 4 is 49.1 Å². The lowest BCUT2D eigenvalue weighted by molar-refractivity contribution is 0.0962. The van der Waals surface area contributed by atoms with Crippen LogP contribution in [0, 0.1) is 11.8 Å². The number of hydrogen-bond acceptors (Lipinski definition) is 2. The van der Waals surface area contributed by atoms with Crippen LogP contribution in [0.25, 0.3) is 0 Å². The van der Waals surface area contributed by atoms with Crippen LogP contribution in [0.1, 0.15) is 16.6 Å². The lowest BCUT2D eigenvalue weighted by atomic mass is 10.4. The van der Waals surface area contributed by atoms with Gasteiger partial charge in [-0.15, -0.1) is 17.3 Å². The molecule has 0 bridgehead atoms. The molecular formula is C9H7Br2NOS. The summed E-state index contributed by atoms with van der Waals surface area (Å²) in [6, 6.07) is 1.78. The summed E-state index contributed by atoms with van der Waals surface area (Å²) < 4.78 is 1.82. The van der Waals surface area contributed by atoms with E-state index in [0.29, 0.717) is 11.4 Å². The maximum absolute atomic E-state index is 11.5. The third-order valence-corrected chi connectivity index (χ3v) is 4.64. The van der Waals surface area contributed by atoms with E-state index in [0.717, 1.165) is 8.26 Å². The van der Waals surface area contributed by atoms with Crippen LogP contribution in [0.15, 0.2) is 14.3 Å². The summed E-state index contributed by atoms with van der Waals surface area (Å²) >= 11 is 8.04. The van der Waals surface area contributed by atoms with E-state index in [1.165, 1.54) is 11.3 Å². The number of thiophene rings is 1. The molecule has 2 nitrogen and oxygen atoms in total. The van der Waals surface area contributed by atoms with Crippen molar-refractivity contribution in [3.05, 3.63) is 19.2 Å². The summed E-state index contributed by atoms with van der Waals surface area (Å²) in [5.41, 5.74) is 0. The molecule has 0 fully saturated rings. The largest absolute Gasteiger partial charge is 0.340 e. The molecule has 0 spiro atoms. The number of amides is 1. The van der Waals surface area contributed by atoms with Gasteiger partial charge in [0.05, 0.1) is 15.2 Å². The van der Waals surface area contributed by atoms with E-state index in [-0.39, 0.29) is 5.91 Å². The van der Waals surface area contributed by atoms with Gasteiger partial charge in [-0.25, -0.2) is 0 Å². The molecule has 0 aliphatic rings. The number of rotatable bonds is 2. The van der Waals surface area contributed by atoms with Gasteiger partial charge in [0, 0.05) is 4.47 Å². The molecule has 1 aromatic rings. The Morgan fingerprint density at radius 1 is 1.64 bits per heavy atom. The third kappa shape index (κ3) is 3.12. The van der Waals surface area contributed by atoms with Crippen molar-refractivity contribution in [2.24, 2.45) is 0 Å². The van der Waals surface area contributed by atoms with Crippen LogP contribution in [0.4, 0.5) is 0 Å². The standard InChI is InChI=1S/C9H7Br2NOS/c1-2-3-4-12-9(13)7-5-6(10)8(11)14-7/h5H,4H2,1H3,(H,12,13). The molecule has 0 aromatic carbocycles. The van der Waals surface area contributed by atoms with Crippen molar-refractivity contribution in [2.75, 3.05) is 6.54 Å². The second-order valence-corrected chi connectivity index (χ2v) is 5.57. The highest BCUT2D eigenvalue weighted by Crippen LogP contribution is 2.32. The zero-order valence-electron chi connectivity index (χ0n) is 7.36. The first-order chi connectivity index (χ1) is 6.65. The molecule has 1 N–H and O–H groups in total. The number of halogens is 2. The predicted molar refractivity (Wildman–Crippen MR) is 65.5 cm³/mol. The van der Waals surface area contributed by atoms with Crippen molar-refractivity contribution < 1.29 is 4.79 Å². The minimum Gasteiger partial charge on any atom is -0.340 e. The van der Waals surface area contributed by atoms with E-state index in [9.17, 15) is 4.79 Å². The summed E-state index contributed by atoms with van der Waals surface area (Å²) in [5.74, 6) is 5.39. The summed E-state index contributed by atoms with van der Waals surface area (Å²) in [4.78, 5) is 12.1. The molecule has 0 atom stereocenters. The van der Waals surface area contributed by atoms with E-state index >= 15 is 0 Å². The van der Waals surface area contributed by atoms with Gasteiger partial charge >= 0.3 is 0 Å². The van der Waals surface area contributed by atoms with Crippen LogP contribution >= 0.6 is 43.2 Å². The van der Waals surface area contributed by atoms with Crippen LogP contribution < -0.4 is 5.32 Å². The summed E-state index contributed by atoms with van der Waals surface area (Å²) in [7, 11) is 0. The van der Waals surface area contributed by atoms with Crippen molar-refractivity contribution in [2.45, 2.75) is 6.92 Å². The average Bonchev–Trinajstić information content (AvgIpc) is 2.47. The van der Waals surface area contributed by atoms with E-state index < -0.39 is 0 Å². The molecule has 0 unspecified atom stereocenters. The molecule has 14 heavy (non-hydrogen) atoms. The maximum atomic E-state index is 11.5. The lowest BCUT2D eigenvalue weighted by Gasteiger charge is -1.95. The van der Waals surface area contributed by atoms with Crippen LogP contribution in [-0.2, 0) is 0 Å². The molecule has 0 saturated heterocycles. The summed E-state index contributed by atoms with van der Waals surface area (Å²) in [5, 5.41) is 2.70. The van der Waals surface area contributed by atoms with Gasteiger partial charge in [0.2, 0.25) is 0 Å². The molecule has 1 aromatic heterocycles. The monoisotopic (exact) mass is 335 g/mol.